The molecule has 0 saturated carbocycles. The molecule has 0 spiro atoms. The molecule has 1 N–H and O–H groups in total. The Kier molecular flexibility index (Phi) is 5.69. The Bertz CT molecular complexity index is 647. The van der Waals surface area contributed by atoms with Crippen molar-refractivity contribution < 1.29 is 32.3 Å². The molecule has 1 saturated heterocycles. The molecule has 1 aliphatic heterocycles. The molecule has 0 aromatic heterocycles. The number of carbonyl (C=O) groups excluding carboxylic acids is 1. The molecule has 8 heteroatoms. The molecule has 0 radical (unpaired) electrons. The number of hydrogen-bond donors (Lipinski definition) is 1. The summed E-state index contributed by atoms with van der Waals surface area (Å²) < 4.78 is 52.5. The standard InChI is InChI=1S/C17H19F4NO3/c1-10(6-7-11-4-2-3-5-14(11)18)15(23)22-8-12(16(24)25)13(9-22)17(19,20)21/h2-5,10,12-13H,6-9H2,1H3,(H,24,25)/t10?,12-,13-/m1/s1. The minimum absolute atomic E-state index is 0.269. The Morgan fingerprint density at radius 3 is 2.44 bits per heavy atom. The van der Waals surface area contributed by atoms with Crippen LogP contribution in [0.2, 0.25) is 0 Å². The number of halogens is 4. The molecule has 4 nitrogen and oxygen atoms in total. The number of aliphatic carboxylic acids is 1. The van der Waals surface area contributed by atoms with Crippen molar-refractivity contribution in [3.05, 3.63) is 35.6 Å². The van der Waals surface area contributed by atoms with Crippen molar-refractivity contribution in [2.45, 2.75) is 25.9 Å². The quantitative estimate of drug-likeness (QED) is 0.820. The van der Waals surface area contributed by atoms with Crippen LogP contribution in [0.25, 0.3) is 0 Å². The highest BCUT2D eigenvalue weighted by Gasteiger charge is 2.53. The summed E-state index contributed by atoms with van der Waals surface area (Å²) in [6, 6.07) is 6.09. The molecule has 138 valence electrons. The molecular weight excluding hydrogens is 342 g/mol. The van der Waals surface area contributed by atoms with E-state index < -0.39 is 54.7 Å². The number of alkyl halides is 3. The number of carboxylic acid groups (broad SMARTS) is 1. The van der Waals surface area contributed by atoms with E-state index in [4.69, 9.17) is 5.11 Å². The van der Waals surface area contributed by atoms with E-state index in [0.717, 1.165) is 4.90 Å². The fourth-order valence-corrected chi connectivity index (χ4v) is 3.07. The number of carbonyl (C=O) groups is 2. The maximum atomic E-state index is 13.6. The van der Waals surface area contributed by atoms with Crippen molar-refractivity contribution in [3.8, 4) is 0 Å². The first-order valence-corrected chi connectivity index (χ1v) is 7.93. The second-order valence-electron chi connectivity index (χ2n) is 6.37. The largest absolute Gasteiger partial charge is 0.481 e. The van der Waals surface area contributed by atoms with E-state index in [1.807, 2.05) is 0 Å². The lowest BCUT2D eigenvalue weighted by Gasteiger charge is -2.21. The second-order valence-corrected chi connectivity index (χ2v) is 6.37. The number of nitrogens with zero attached hydrogens (tertiary/aromatic N) is 1. The molecule has 2 rings (SSSR count). The van der Waals surface area contributed by atoms with Crippen LogP contribution in [0.5, 0.6) is 0 Å². The highest BCUT2D eigenvalue weighted by molar-refractivity contribution is 5.80. The lowest BCUT2D eigenvalue weighted by atomic mass is 9.96. The highest BCUT2D eigenvalue weighted by atomic mass is 19.4. The van der Waals surface area contributed by atoms with Gasteiger partial charge in [0.15, 0.2) is 0 Å². The zero-order valence-electron chi connectivity index (χ0n) is 13.6. The van der Waals surface area contributed by atoms with Crippen molar-refractivity contribution in [2.75, 3.05) is 13.1 Å². The second kappa shape index (κ2) is 7.41. The molecule has 25 heavy (non-hydrogen) atoms. The maximum Gasteiger partial charge on any atom is 0.394 e. The summed E-state index contributed by atoms with van der Waals surface area (Å²) in [4.78, 5) is 24.4. The van der Waals surface area contributed by atoms with Crippen LogP contribution in [0.4, 0.5) is 17.6 Å². The van der Waals surface area contributed by atoms with E-state index in [9.17, 15) is 27.2 Å². The Labute approximate surface area is 142 Å². The SMILES string of the molecule is CC(CCc1ccccc1F)C(=O)N1C[C@@H](C(F)(F)F)[C@H](C(=O)O)C1. The molecule has 1 aliphatic rings. The average Bonchev–Trinajstić information content (AvgIpc) is 2.99. The molecule has 1 aromatic carbocycles. The van der Waals surface area contributed by atoms with Gasteiger partial charge in [0.2, 0.25) is 5.91 Å². The van der Waals surface area contributed by atoms with E-state index in [1.54, 1.807) is 25.1 Å². The minimum Gasteiger partial charge on any atom is -0.481 e. The summed E-state index contributed by atoms with van der Waals surface area (Å²) in [5.41, 5.74) is 0.431. The van der Waals surface area contributed by atoms with E-state index in [-0.39, 0.29) is 12.8 Å². The van der Waals surface area contributed by atoms with Crippen LogP contribution in [0.15, 0.2) is 24.3 Å². The first-order chi connectivity index (χ1) is 11.6. The number of hydrogen-bond acceptors (Lipinski definition) is 2. The van der Waals surface area contributed by atoms with E-state index in [0.29, 0.717) is 5.56 Å². The zero-order chi connectivity index (χ0) is 18.8. The van der Waals surface area contributed by atoms with E-state index in [2.05, 4.69) is 0 Å². The van der Waals surface area contributed by atoms with Crippen LogP contribution in [-0.4, -0.2) is 41.1 Å². The van der Waals surface area contributed by atoms with Gasteiger partial charge >= 0.3 is 12.1 Å². The van der Waals surface area contributed by atoms with Gasteiger partial charge in [-0.3, -0.25) is 9.59 Å². The first kappa shape index (κ1) is 19.2. The third kappa shape index (κ3) is 4.49. The maximum absolute atomic E-state index is 13.6. The van der Waals surface area contributed by atoms with Gasteiger partial charge in [-0.05, 0) is 24.5 Å². The lowest BCUT2D eigenvalue weighted by Crippen LogP contribution is -2.35. The smallest absolute Gasteiger partial charge is 0.394 e. The third-order valence-corrected chi connectivity index (χ3v) is 4.60. The van der Waals surface area contributed by atoms with Crippen molar-refractivity contribution in [1.82, 2.24) is 4.90 Å². The van der Waals surface area contributed by atoms with Gasteiger partial charge in [0.05, 0.1) is 11.8 Å². The van der Waals surface area contributed by atoms with Gasteiger partial charge in [-0.15, -0.1) is 0 Å². The minimum atomic E-state index is -4.67. The van der Waals surface area contributed by atoms with Gasteiger partial charge in [0.1, 0.15) is 5.82 Å². The summed E-state index contributed by atoms with van der Waals surface area (Å²) in [6.07, 6.45) is -4.13. The molecule has 0 bridgehead atoms. The molecule has 3 atom stereocenters. The number of carboxylic acids is 1. The summed E-state index contributed by atoms with van der Waals surface area (Å²) in [7, 11) is 0. The summed E-state index contributed by atoms with van der Waals surface area (Å²) in [5, 5.41) is 8.99. The van der Waals surface area contributed by atoms with Crippen LogP contribution in [0.3, 0.4) is 0 Å². The average molecular weight is 361 g/mol. The summed E-state index contributed by atoms with van der Waals surface area (Å²) in [6.45, 7) is 0.450. The predicted octanol–water partition coefficient (Wildman–Crippen LogP) is 3.12. The Hall–Kier alpha value is -2.12. The Balaban J connectivity index is 2.00. The molecule has 0 aliphatic carbocycles. The summed E-state index contributed by atoms with van der Waals surface area (Å²) in [5.74, 6) is -6.83. The van der Waals surface area contributed by atoms with E-state index in [1.165, 1.54) is 6.07 Å². The van der Waals surface area contributed by atoms with Gasteiger partial charge in [0, 0.05) is 19.0 Å². The molecule has 1 unspecified atom stereocenters. The Morgan fingerprint density at radius 2 is 1.92 bits per heavy atom. The van der Waals surface area contributed by atoms with Crippen molar-refractivity contribution in [3.63, 3.8) is 0 Å². The Morgan fingerprint density at radius 1 is 1.28 bits per heavy atom. The van der Waals surface area contributed by atoms with Crippen LogP contribution < -0.4 is 0 Å². The number of amides is 1. The number of aryl methyl sites for hydroxylation is 1. The van der Waals surface area contributed by atoms with Crippen molar-refractivity contribution in [1.29, 1.82) is 0 Å². The molecule has 1 fully saturated rings. The van der Waals surface area contributed by atoms with Crippen LogP contribution in [0, 0.1) is 23.6 Å². The van der Waals surface area contributed by atoms with Crippen LogP contribution in [-0.2, 0) is 16.0 Å². The third-order valence-electron chi connectivity index (χ3n) is 4.60. The first-order valence-electron chi connectivity index (χ1n) is 7.93. The molecular formula is C17H19F4NO3. The highest BCUT2D eigenvalue weighted by Crippen LogP contribution is 2.38. The van der Waals surface area contributed by atoms with Crippen LogP contribution >= 0.6 is 0 Å². The predicted molar refractivity (Wildman–Crippen MR) is 81.1 cm³/mol. The fourth-order valence-electron chi connectivity index (χ4n) is 3.07. The van der Waals surface area contributed by atoms with Gasteiger partial charge in [-0.2, -0.15) is 13.2 Å². The van der Waals surface area contributed by atoms with E-state index >= 15 is 0 Å². The van der Waals surface area contributed by atoms with Gasteiger partial charge in [0.25, 0.3) is 0 Å². The summed E-state index contributed by atoms with van der Waals surface area (Å²) >= 11 is 0. The number of benzene rings is 1. The zero-order valence-corrected chi connectivity index (χ0v) is 13.6. The monoisotopic (exact) mass is 361 g/mol. The van der Waals surface area contributed by atoms with Gasteiger partial charge < -0.3 is 10.0 Å². The van der Waals surface area contributed by atoms with Crippen molar-refractivity contribution >= 4 is 11.9 Å². The number of likely N-dealkylation sites (tertiary alicyclic amines) is 1. The molecule has 1 heterocycles. The molecule has 1 amide bonds. The van der Waals surface area contributed by atoms with Crippen LogP contribution in [0.1, 0.15) is 18.9 Å². The lowest BCUT2D eigenvalue weighted by molar-refractivity contribution is -0.188. The fraction of sp³-hybridized carbons (Fsp3) is 0.529. The van der Waals surface area contributed by atoms with Crippen molar-refractivity contribution in [2.24, 2.45) is 17.8 Å². The number of rotatable bonds is 5. The normalized spacial score (nSPS) is 22.0. The van der Waals surface area contributed by atoms with Gasteiger partial charge in [-0.25, -0.2) is 4.39 Å². The van der Waals surface area contributed by atoms with Gasteiger partial charge in [-0.1, -0.05) is 25.1 Å². The molecule has 1 aromatic rings. The topological polar surface area (TPSA) is 57.6 Å².